The summed E-state index contributed by atoms with van der Waals surface area (Å²) in [5, 5.41) is 0.351. The van der Waals surface area contributed by atoms with E-state index >= 15 is 0 Å². The lowest BCUT2D eigenvalue weighted by atomic mass is 10.1. The first-order valence-corrected chi connectivity index (χ1v) is 11.2. The minimum atomic E-state index is -5.00. The maximum atomic E-state index is 13.2. The van der Waals surface area contributed by atoms with E-state index in [1.165, 1.54) is 33.6 Å². The van der Waals surface area contributed by atoms with E-state index in [9.17, 15) is 26.3 Å². The van der Waals surface area contributed by atoms with Crippen LogP contribution in [-0.4, -0.2) is 26.3 Å². The summed E-state index contributed by atoms with van der Waals surface area (Å²) < 4.78 is 107. The number of ether oxygens (including phenoxy) is 5. The van der Waals surface area contributed by atoms with Crippen LogP contribution >= 0.6 is 0 Å². The Kier molecular flexibility index (Phi) is 7.66. The van der Waals surface area contributed by atoms with Crippen molar-refractivity contribution in [2.24, 2.45) is 0 Å². The van der Waals surface area contributed by atoms with Gasteiger partial charge >= 0.3 is 12.4 Å². The summed E-state index contributed by atoms with van der Waals surface area (Å²) in [5.74, 6) is 1.12. The summed E-state index contributed by atoms with van der Waals surface area (Å²) in [6.45, 7) is 0.114. The molecule has 206 valence electrons. The lowest BCUT2D eigenvalue weighted by molar-refractivity contribution is -0.143. The maximum Gasteiger partial charge on any atom is 0.416 e. The summed E-state index contributed by atoms with van der Waals surface area (Å²) in [5.41, 5.74) is -1.90. The lowest BCUT2D eigenvalue weighted by Gasteiger charge is -2.16. The molecule has 6 nitrogen and oxygen atoms in total. The van der Waals surface area contributed by atoms with E-state index in [4.69, 9.17) is 23.7 Å². The Morgan fingerprint density at radius 2 is 1.28 bits per heavy atom. The number of halogens is 6. The highest BCUT2D eigenvalue weighted by molar-refractivity contribution is 5.86. The summed E-state index contributed by atoms with van der Waals surface area (Å²) >= 11 is 0. The predicted molar refractivity (Wildman–Crippen MR) is 129 cm³/mol. The number of methoxy groups -OCH3 is 3. The number of pyridine rings is 1. The molecule has 0 amide bonds. The molecule has 0 radical (unpaired) electrons. The molecule has 0 atom stereocenters. The number of hydrogen-bond donors (Lipinski definition) is 0. The fourth-order valence-electron chi connectivity index (χ4n) is 3.78. The van der Waals surface area contributed by atoms with Crippen LogP contribution in [0.2, 0.25) is 0 Å². The van der Waals surface area contributed by atoms with Gasteiger partial charge in [-0.05, 0) is 54.1 Å². The number of fused-ring (bicyclic) bond motifs is 1. The van der Waals surface area contributed by atoms with Gasteiger partial charge in [-0.3, -0.25) is 4.98 Å². The van der Waals surface area contributed by atoms with Crippen molar-refractivity contribution < 1.29 is 50.0 Å². The van der Waals surface area contributed by atoms with Crippen molar-refractivity contribution in [3.8, 4) is 34.5 Å². The van der Waals surface area contributed by atoms with Crippen molar-refractivity contribution in [1.82, 2.24) is 4.98 Å². The number of aromatic nitrogens is 1. The van der Waals surface area contributed by atoms with Gasteiger partial charge in [0.05, 0.1) is 38.0 Å². The molecule has 0 fully saturated rings. The van der Waals surface area contributed by atoms with Gasteiger partial charge in [-0.15, -0.1) is 0 Å². The van der Waals surface area contributed by atoms with Crippen LogP contribution in [0.3, 0.4) is 0 Å². The van der Waals surface area contributed by atoms with Crippen molar-refractivity contribution in [3.63, 3.8) is 0 Å². The first kappa shape index (κ1) is 27.7. The number of alkyl halides is 6. The zero-order valence-electron chi connectivity index (χ0n) is 20.7. The van der Waals surface area contributed by atoms with Crippen LogP contribution in [0, 0.1) is 0 Å². The molecule has 0 spiro atoms. The molecule has 0 N–H and O–H groups in total. The summed E-state index contributed by atoms with van der Waals surface area (Å²) in [6.07, 6.45) is -8.67. The standard InChI is InChI=1S/C27H21F6NO5/c1-35-23-8-15(9-24(36-2)25(23)37-3)14-38-18-4-5-20-21(13-18)34-7-6-22(20)39-19-11-16(26(28,29)30)10-17(12-19)27(31,32)33/h4-13H,14H2,1-3H3. The number of benzene rings is 3. The Balaban J connectivity index is 1.60. The van der Waals surface area contributed by atoms with Crippen LogP contribution in [0.1, 0.15) is 16.7 Å². The van der Waals surface area contributed by atoms with E-state index < -0.39 is 29.2 Å². The van der Waals surface area contributed by atoms with E-state index in [0.29, 0.717) is 51.6 Å². The Bertz CT molecular complexity index is 1430. The van der Waals surface area contributed by atoms with Crippen LogP contribution in [0.5, 0.6) is 34.5 Å². The van der Waals surface area contributed by atoms with E-state index in [1.54, 1.807) is 30.3 Å². The lowest BCUT2D eigenvalue weighted by Crippen LogP contribution is -2.11. The second-order valence-corrected chi connectivity index (χ2v) is 8.15. The minimum absolute atomic E-state index is 0.0172. The molecule has 3 aromatic carbocycles. The predicted octanol–water partition coefficient (Wildman–Crippen LogP) is 7.67. The third-order valence-electron chi connectivity index (χ3n) is 5.59. The average molecular weight is 553 g/mol. The van der Waals surface area contributed by atoms with Gasteiger partial charge in [0.2, 0.25) is 5.75 Å². The normalized spacial score (nSPS) is 11.8. The zero-order chi connectivity index (χ0) is 28.4. The first-order chi connectivity index (χ1) is 18.4. The number of nitrogens with zero attached hydrogens (tertiary/aromatic N) is 1. The molecule has 0 bridgehead atoms. The fourth-order valence-corrected chi connectivity index (χ4v) is 3.78. The van der Waals surface area contributed by atoms with Gasteiger partial charge in [-0.1, -0.05) is 0 Å². The highest BCUT2D eigenvalue weighted by atomic mass is 19.4. The molecule has 0 aliphatic rings. The van der Waals surface area contributed by atoms with Crippen molar-refractivity contribution in [2.75, 3.05) is 21.3 Å². The highest BCUT2D eigenvalue weighted by Gasteiger charge is 2.37. The number of hydrogen-bond acceptors (Lipinski definition) is 6. The molecule has 12 heteroatoms. The third-order valence-corrected chi connectivity index (χ3v) is 5.59. The van der Waals surface area contributed by atoms with E-state index in [-0.39, 0.29) is 18.4 Å². The average Bonchev–Trinajstić information content (AvgIpc) is 2.90. The molecular formula is C27H21F6NO5. The molecule has 4 rings (SSSR count). The Hall–Kier alpha value is -4.35. The first-order valence-electron chi connectivity index (χ1n) is 11.2. The van der Waals surface area contributed by atoms with Gasteiger partial charge in [-0.25, -0.2) is 0 Å². The largest absolute Gasteiger partial charge is 0.493 e. The monoisotopic (exact) mass is 553 g/mol. The third kappa shape index (κ3) is 6.21. The molecule has 1 aromatic heterocycles. The molecule has 4 aromatic rings. The summed E-state index contributed by atoms with van der Waals surface area (Å²) in [6, 6.07) is 10.5. The van der Waals surface area contributed by atoms with Crippen LogP contribution in [0.15, 0.2) is 60.8 Å². The van der Waals surface area contributed by atoms with E-state index in [1.807, 2.05) is 0 Å². The second-order valence-electron chi connectivity index (χ2n) is 8.15. The smallest absolute Gasteiger partial charge is 0.416 e. The van der Waals surface area contributed by atoms with Crippen molar-refractivity contribution >= 4 is 10.9 Å². The van der Waals surface area contributed by atoms with Gasteiger partial charge in [0.1, 0.15) is 23.9 Å². The van der Waals surface area contributed by atoms with Crippen LogP contribution in [0.25, 0.3) is 10.9 Å². The van der Waals surface area contributed by atoms with Gasteiger partial charge in [0.15, 0.2) is 11.5 Å². The fraction of sp³-hybridized carbons (Fsp3) is 0.222. The topological polar surface area (TPSA) is 59.0 Å². The molecule has 0 aliphatic carbocycles. The van der Waals surface area contributed by atoms with E-state index in [0.717, 1.165) is 0 Å². The Labute approximate surface area is 218 Å². The molecule has 0 saturated carbocycles. The summed E-state index contributed by atoms with van der Waals surface area (Å²) in [7, 11) is 4.46. The number of rotatable bonds is 8. The molecule has 0 unspecified atom stereocenters. The molecular weight excluding hydrogens is 532 g/mol. The summed E-state index contributed by atoms with van der Waals surface area (Å²) in [4.78, 5) is 4.21. The van der Waals surface area contributed by atoms with Gasteiger partial charge in [-0.2, -0.15) is 26.3 Å². The van der Waals surface area contributed by atoms with E-state index in [2.05, 4.69) is 4.98 Å². The van der Waals surface area contributed by atoms with Crippen LogP contribution < -0.4 is 23.7 Å². The Morgan fingerprint density at radius 1 is 0.667 bits per heavy atom. The Morgan fingerprint density at radius 3 is 1.82 bits per heavy atom. The van der Waals surface area contributed by atoms with Gasteiger partial charge in [0, 0.05) is 17.6 Å². The maximum absolute atomic E-state index is 13.2. The molecule has 39 heavy (non-hydrogen) atoms. The quantitative estimate of drug-likeness (QED) is 0.209. The van der Waals surface area contributed by atoms with Gasteiger partial charge < -0.3 is 23.7 Å². The second kappa shape index (κ2) is 10.8. The molecule has 0 aliphatic heterocycles. The minimum Gasteiger partial charge on any atom is -0.493 e. The SMILES string of the molecule is COc1cc(COc2ccc3c(Oc4cc(C(F)(F)F)cc(C(F)(F)F)c4)ccnc3c2)cc(OC)c1OC. The van der Waals surface area contributed by atoms with Crippen LogP contribution in [0.4, 0.5) is 26.3 Å². The molecule has 1 heterocycles. The van der Waals surface area contributed by atoms with Gasteiger partial charge in [0.25, 0.3) is 0 Å². The van der Waals surface area contributed by atoms with Crippen molar-refractivity contribution in [2.45, 2.75) is 19.0 Å². The zero-order valence-corrected chi connectivity index (χ0v) is 20.7. The van der Waals surface area contributed by atoms with Crippen molar-refractivity contribution in [1.29, 1.82) is 0 Å². The van der Waals surface area contributed by atoms with Crippen LogP contribution in [-0.2, 0) is 19.0 Å². The molecule has 0 saturated heterocycles. The van der Waals surface area contributed by atoms with Crippen molar-refractivity contribution in [3.05, 3.63) is 77.5 Å². The highest BCUT2D eigenvalue weighted by Crippen LogP contribution is 2.41.